The van der Waals surface area contributed by atoms with E-state index in [1.54, 1.807) is 12.1 Å². The number of aromatic hydroxyl groups is 1. The zero-order valence-electron chi connectivity index (χ0n) is 12.3. The lowest BCUT2D eigenvalue weighted by Gasteiger charge is -2.15. The number of ether oxygens (including phenoxy) is 1. The number of aryl methyl sites for hydroxylation is 1. The largest absolute Gasteiger partial charge is 0.508 e. The second-order valence-electron chi connectivity index (χ2n) is 5.68. The normalized spacial score (nSPS) is 14.1. The van der Waals surface area contributed by atoms with E-state index in [0.29, 0.717) is 12.6 Å². The summed E-state index contributed by atoms with van der Waals surface area (Å²) in [5, 5.41) is 13.0. The van der Waals surface area contributed by atoms with Gasteiger partial charge < -0.3 is 15.2 Å². The van der Waals surface area contributed by atoms with E-state index in [-0.39, 0.29) is 5.75 Å². The average molecular weight is 283 g/mol. The lowest BCUT2D eigenvalue weighted by atomic mass is 10.1. The molecule has 2 aromatic carbocycles. The summed E-state index contributed by atoms with van der Waals surface area (Å²) in [6, 6.07) is 14.1. The number of benzene rings is 2. The molecule has 0 aromatic heterocycles. The summed E-state index contributed by atoms with van der Waals surface area (Å²) in [4.78, 5) is 0. The van der Waals surface area contributed by atoms with Gasteiger partial charge in [-0.1, -0.05) is 30.3 Å². The van der Waals surface area contributed by atoms with Crippen LogP contribution in [0.15, 0.2) is 42.5 Å². The van der Waals surface area contributed by atoms with E-state index in [4.69, 9.17) is 4.74 Å². The zero-order chi connectivity index (χ0) is 14.7. The summed E-state index contributed by atoms with van der Waals surface area (Å²) < 4.78 is 6.01. The van der Waals surface area contributed by atoms with Crippen molar-refractivity contribution in [2.24, 2.45) is 0 Å². The summed E-state index contributed by atoms with van der Waals surface area (Å²) in [7, 11) is 0. The number of phenolic OH excluding ortho intramolecular Hbond substituents is 1. The van der Waals surface area contributed by atoms with Crippen LogP contribution in [0.1, 0.15) is 29.5 Å². The molecule has 1 aliphatic rings. The molecule has 3 nitrogen and oxygen atoms in total. The van der Waals surface area contributed by atoms with Crippen LogP contribution in [0, 0.1) is 6.92 Å². The number of hydrogen-bond acceptors (Lipinski definition) is 3. The smallest absolute Gasteiger partial charge is 0.127 e. The quantitative estimate of drug-likeness (QED) is 0.852. The third-order valence-corrected chi connectivity index (χ3v) is 3.75. The van der Waals surface area contributed by atoms with Gasteiger partial charge in [0.15, 0.2) is 0 Å². The van der Waals surface area contributed by atoms with Crippen LogP contribution >= 0.6 is 0 Å². The minimum atomic E-state index is 0.275. The van der Waals surface area contributed by atoms with Crippen LogP contribution in [-0.4, -0.2) is 11.1 Å². The van der Waals surface area contributed by atoms with E-state index in [9.17, 15) is 5.11 Å². The van der Waals surface area contributed by atoms with Crippen LogP contribution in [0.25, 0.3) is 0 Å². The SMILES string of the molecule is Cc1cccc(CNC2CC2)c1OCc1cccc(O)c1. The maximum atomic E-state index is 9.51. The molecule has 0 aliphatic heterocycles. The molecule has 110 valence electrons. The molecule has 2 N–H and O–H groups in total. The van der Waals surface area contributed by atoms with Gasteiger partial charge in [0.1, 0.15) is 18.1 Å². The number of nitrogens with one attached hydrogen (secondary N) is 1. The van der Waals surface area contributed by atoms with Crippen LogP contribution in [0.5, 0.6) is 11.5 Å². The highest BCUT2D eigenvalue weighted by atomic mass is 16.5. The molecule has 0 amide bonds. The van der Waals surface area contributed by atoms with Gasteiger partial charge in [-0.3, -0.25) is 0 Å². The second-order valence-corrected chi connectivity index (χ2v) is 5.68. The highest BCUT2D eigenvalue weighted by Gasteiger charge is 2.20. The Labute approximate surface area is 125 Å². The molecule has 1 aliphatic carbocycles. The Hall–Kier alpha value is -2.00. The molecule has 0 bridgehead atoms. The summed E-state index contributed by atoms with van der Waals surface area (Å²) in [5.41, 5.74) is 3.31. The van der Waals surface area contributed by atoms with Crippen LogP contribution in [-0.2, 0) is 13.2 Å². The summed E-state index contributed by atoms with van der Waals surface area (Å²) in [6.07, 6.45) is 2.57. The van der Waals surface area contributed by atoms with Crippen molar-refractivity contribution in [2.75, 3.05) is 0 Å². The summed E-state index contributed by atoms with van der Waals surface area (Å²) in [5.74, 6) is 1.23. The van der Waals surface area contributed by atoms with E-state index in [0.717, 1.165) is 23.4 Å². The van der Waals surface area contributed by atoms with Gasteiger partial charge in [-0.25, -0.2) is 0 Å². The van der Waals surface area contributed by atoms with Crippen molar-refractivity contribution in [1.82, 2.24) is 5.32 Å². The van der Waals surface area contributed by atoms with Crippen LogP contribution in [0.3, 0.4) is 0 Å². The molecule has 0 atom stereocenters. The lowest BCUT2D eigenvalue weighted by molar-refractivity contribution is 0.299. The second kappa shape index (κ2) is 6.19. The van der Waals surface area contributed by atoms with Gasteiger partial charge in [-0.2, -0.15) is 0 Å². The molecule has 3 heteroatoms. The lowest BCUT2D eigenvalue weighted by Crippen LogP contribution is -2.16. The molecule has 0 saturated heterocycles. The van der Waals surface area contributed by atoms with Crippen molar-refractivity contribution < 1.29 is 9.84 Å². The van der Waals surface area contributed by atoms with Crippen molar-refractivity contribution in [2.45, 2.75) is 39.0 Å². The Morgan fingerprint density at radius 2 is 2.00 bits per heavy atom. The van der Waals surface area contributed by atoms with Gasteiger partial charge in [0.2, 0.25) is 0 Å². The molecule has 0 unspecified atom stereocenters. The zero-order valence-corrected chi connectivity index (χ0v) is 12.3. The fourth-order valence-electron chi connectivity index (χ4n) is 2.40. The van der Waals surface area contributed by atoms with Crippen molar-refractivity contribution in [3.63, 3.8) is 0 Å². The maximum Gasteiger partial charge on any atom is 0.127 e. The first-order valence-corrected chi connectivity index (χ1v) is 7.45. The fourth-order valence-corrected chi connectivity index (χ4v) is 2.40. The Morgan fingerprint density at radius 3 is 2.76 bits per heavy atom. The summed E-state index contributed by atoms with van der Waals surface area (Å²) >= 11 is 0. The van der Waals surface area contributed by atoms with Crippen LogP contribution in [0.2, 0.25) is 0 Å². The molecule has 21 heavy (non-hydrogen) atoms. The molecule has 0 radical (unpaired) electrons. The highest BCUT2D eigenvalue weighted by Crippen LogP contribution is 2.26. The third-order valence-electron chi connectivity index (χ3n) is 3.75. The van der Waals surface area contributed by atoms with E-state index in [1.807, 2.05) is 12.1 Å². The van der Waals surface area contributed by atoms with Crippen molar-refractivity contribution in [3.8, 4) is 11.5 Å². The third kappa shape index (κ3) is 3.76. The van der Waals surface area contributed by atoms with Crippen LogP contribution < -0.4 is 10.1 Å². The molecular weight excluding hydrogens is 262 g/mol. The summed E-state index contributed by atoms with van der Waals surface area (Å²) in [6.45, 7) is 3.38. The predicted molar refractivity (Wildman–Crippen MR) is 83.5 cm³/mol. The Bertz CT molecular complexity index is 620. The number of para-hydroxylation sites is 1. The standard InChI is InChI=1S/C18H21NO2/c1-13-4-2-6-15(11-19-16-8-9-16)18(13)21-12-14-5-3-7-17(20)10-14/h2-7,10,16,19-20H,8-9,11-12H2,1H3. The molecule has 3 rings (SSSR count). The molecule has 0 spiro atoms. The average Bonchev–Trinajstić information content (AvgIpc) is 3.28. The molecule has 2 aromatic rings. The first-order chi connectivity index (χ1) is 10.2. The van der Waals surface area contributed by atoms with Gasteiger partial charge >= 0.3 is 0 Å². The number of phenols is 1. The topological polar surface area (TPSA) is 41.5 Å². The van der Waals surface area contributed by atoms with Gasteiger partial charge in [0, 0.05) is 18.2 Å². The minimum absolute atomic E-state index is 0.275. The van der Waals surface area contributed by atoms with E-state index < -0.39 is 0 Å². The van der Waals surface area contributed by atoms with Crippen molar-refractivity contribution in [3.05, 3.63) is 59.2 Å². The maximum absolute atomic E-state index is 9.51. The Morgan fingerprint density at radius 1 is 1.19 bits per heavy atom. The van der Waals surface area contributed by atoms with Gasteiger partial charge in [-0.15, -0.1) is 0 Å². The van der Waals surface area contributed by atoms with E-state index >= 15 is 0 Å². The highest BCUT2D eigenvalue weighted by molar-refractivity contribution is 5.41. The monoisotopic (exact) mass is 283 g/mol. The Kier molecular flexibility index (Phi) is 4.11. The van der Waals surface area contributed by atoms with Crippen LogP contribution in [0.4, 0.5) is 0 Å². The number of hydrogen-bond donors (Lipinski definition) is 2. The molecule has 0 heterocycles. The fraction of sp³-hybridized carbons (Fsp3) is 0.333. The molecular formula is C18H21NO2. The van der Waals surface area contributed by atoms with Crippen molar-refractivity contribution >= 4 is 0 Å². The van der Waals surface area contributed by atoms with Gasteiger partial charge in [0.25, 0.3) is 0 Å². The minimum Gasteiger partial charge on any atom is -0.508 e. The predicted octanol–water partition coefficient (Wildman–Crippen LogP) is 3.53. The number of rotatable bonds is 6. The first-order valence-electron chi connectivity index (χ1n) is 7.45. The van der Waals surface area contributed by atoms with Gasteiger partial charge in [0.05, 0.1) is 0 Å². The molecule has 1 saturated carbocycles. The Balaban J connectivity index is 1.70. The molecule has 1 fully saturated rings. The van der Waals surface area contributed by atoms with E-state index in [1.165, 1.54) is 18.4 Å². The van der Waals surface area contributed by atoms with Crippen molar-refractivity contribution in [1.29, 1.82) is 0 Å². The van der Waals surface area contributed by atoms with Gasteiger partial charge in [-0.05, 0) is 43.0 Å². The van der Waals surface area contributed by atoms with E-state index in [2.05, 4.69) is 30.4 Å². The first kappa shape index (κ1) is 14.0.